The molecule has 1 saturated heterocycles. The van der Waals surface area contributed by atoms with Gasteiger partial charge in [-0.1, -0.05) is 0 Å². The minimum absolute atomic E-state index is 0.319. The fourth-order valence-electron chi connectivity index (χ4n) is 2.91. The van der Waals surface area contributed by atoms with Gasteiger partial charge >= 0.3 is 5.97 Å². The first-order valence-corrected chi connectivity index (χ1v) is 7.55. The van der Waals surface area contributed by atoms with Crippen molar-refractivity contribution in [2.75, 3.05) is 37.9 Å². The van der Waals surface area contributed by atoms with Crippen LogP contribution in [0.2, 0.25) is 0 Å². The first-order chi connectivity index (χ1) is 11.4. The summed E-state index contributed by atoms with van der Waals surface area (Å²) in [5.41, 5.74) is 5.90. The highest BCUT2D eigenvalue weighted by Gasteiger charge is 2.41. The highest BCUT2D eigenvalue weighted by Crippen LogP contribution is 2.36. The number of nitrogens with two attached hydrogens (primary N) is 1. The number of rotatable bonds is 4. The lowest BCUT2D eigenvalue weighted by Crippen LogP contribution is -2.32. The molecule has 1 unspecified atom stereocenters. The maximum atomic E-state index is 11.4. The fourth-order valence-corrected chi connectivity index (χ4v) is 2.91. The minimum Gasteiger partial charge on any atom is -0.493 e. The molecule has 2 heterocycles. The van der Waals surface area contributed by atoms with Crippen molar-refractivity contribution in [3.05, 3.63) is 12.1 Å². The molecule has 0 aliphatic carbocycles. The normalized spacial score (nSPS) is 20.4. The lowest BCUT2D eigenvalue weighted by molar-refractivity contribution is -0.146. The molecule has 1 aliphatic heterocycles. The summed E-state index contributed by atoms with van der Waals surface area (Å²) in [5, 5.41) is 10.0. The van der Waals surface area contributed by atoms with Crippen molar-refractivity contribution in [3.8, 4) is 11.5 Å². The summed E-state index contributed by atoms with van der Waals surface area (Å²) < 4.78 is 10.6. The molecule has 1 aromatic heterocycles. The molecule has 0 amide bonds. The van der Waals surface area contributed by atoms with Crippen molar-refractivity contribution >= 4 is 28.6 Å². The van der Waals surface area contributed by atoms with Gasteiger partial charge in [0.05, 0.1) is 25.2 Å². The lowest BCUT2D eigenvalue weighted by Gasteiger charge is -2.20. The smallest absolute Gasteiger partial charge is 0.311 e. The van der Waals surface area contributed by atoms with Gasteiger partial charge in [0.15, 0.2) is 11.5 Å². The Morgan fingerprint density at radius 2 is 1.96 bits per heavy atom. The van der Waals surface area contributed by atoms with Crippen molar-refractivity contribution < 1.29 is 19.4 Å². The van der Waals surface area contributed by atoms with E-state index in [9.17, 15) is 9.90 Å². The van der Waals surface area contributed by atoms with E-state index in [0.717, 1.165) is 0 Å². The molecule has 2 aromatic rings. The summed E-state index contributed by atoms with van der Waals surface area (Å²) in [6.45, 7) is 2.65. The van der Waals surface area contributed by atoms with Gasteiger partial charge in [0.1, 0.15) is 5.82 Å². The SMILES string of the molecule is COc1cc2nc(N3CCC(C)(C(=O)O)C3)nc(N)c2cc1OC. The van der Waals surface area contributed by atoms with Gasteiger partial charge in [-0.05, 0) is 19.4 Å². The van der Waals surface area contributed by atoms with E-state index in [4.69, 9.17) is 15.2 Å². The molecule has 0 radical (unpaired) electrons. The number of methoxy groups -OCH3 is 2. The van der Waals surface area contributed by atoms with E-state index >= 15 is 0 Å². The van der Waals surface area contributed by atoms with E-state index in [1.54, 1.807) is 33.3 Å². The minimum atomic E-state index is -0.815. The molecule has 0 bridgehead atoms. The number of hydrogen-bond acceptors (Lipinski definition) is 7. The van der Waals surface area contributed by atoms with Gasteiger partial charge in [0.2, 0.25) is 5.95 Å². The summed E-state index contributed by atoms with van der Waals surface area (Å²) in [7, 11) is 3.10. The number of hydrogen-bond donors (Lipinski definition) is 2. The zero-order valence-electron chi connectivity index (χ0n) is 13.9. The van der Waals surface area contributed by atoms with Crippen molar-refractivity contribution in [2.24, 2.45) is 5.41 Å². The molecule has 8 nitrogen and oxygen atoms in total. The Bertz CT molecular complexity index is 810. The average Bonchev–Trinajstić information content (AvgIpc) is 2.97. The largest absolute Gasteiger partial charge is 0.493 e. The van der Waals surface area contributed by atoms with E-state index in [1.807, 2.05) is 4.90 Å². The molecular weight excluding hydrogens is 312 g/mol. The second-order valence-electron chi connectivity index (χ2n) is 6.17. The van der Waals surface area contributed by atoms with Crippen LogP contribution in [0.15, 0.2) is 12.1 Å². The van der Waals surface area contributed by atoms with E-state index in [0.29, 0.717) is 53.7 Å². The Balaban J connectivity index is 2.03. The van der Waals surface area contributed by atoms with Gasteiger partial charge in [0, 0.05) is 24.5 Å². The first-order valence-electron chi connectivity index (χ1n) is 7.55. The zero-order valence-corrected chi connectivity index (χ0v) is 13.9. The number of fused-ring (bicyclic) bond motifs is 1. The number of benzene rings is 1. The van der Waals surface area contributed by atoms with Gasteiger partial charge < -0.3 is 25.2 Å². The molecule has 1 fully saturated rings. The Hall–Kier alpha value is -2.77. The predicted octanol–water partition coefficient (Wildman–Crippen LogP) is 1.53. The first kappa shape index (κ1) is 16.1. The molecule has 1 atom stereocenters. The molecular formula is C16H20N4O4. The van der Waals surface area contributed by atoms with Crippen molar-refractivity contribution in [3.63, 3.8) is 0 Å². The molecule has 3 N–H and O–H groups in total. The topological polar surface area (TPSA) is 111 Å². The van der Waals surface area contributed by atoms with E-state index in [1.165, 1.54) is 0 Å². The number of carbonyl (C=O) groups is 1. The summed E-state index contributed by atoms with van der Waals surface area (Å²) in [6.07, 6.45) is 0.537. The van der Waals surface area contributed by atoms with Gasteiger partial charge in [-0.3, -0.25) is 4.79 Å². The quantitative estimate of drug-likeness (QED) is 0.867. The van der Waals surface area contributed by atoms with Crippen LogP contribution in [0.25, 0.3) is 10.9 Å². The Labute approximate surface area is 139 Å². The lowest BCUT2D eigenvalue weighted by atomic mass is 9.90. The fraction of sp³-hybridized carbons (Fsp3) is 0.438. The Kier molecular flexibility index (Phi) is 3.82. The molecule has 24 heavy (non-hydrogen) atoms. The van der Waals surface area contributed by atoms with Crippen LogP contribution >= 0.6 is 0 Å². The summed E-state index contributed by atoms with van der Waals surface area (Å²) >= 11 is 0. The van der Waals surface area contributed by atoms with Crippen LogP contribution in [0.3, 0.4) is 0 Å². The number of carboxylic acid groups (broad SMARTS) is 1. The number of ether oxygens (including phenoxy) is 2. The number of carboxylic acids is 1. The van der Waals surface area contributed by atoms with Crippen molar-refractivity contribution in [1.29, 1.82) is 0 Å². The van der Waals surface area contributed by atoms with Gasteiger partial charge in [0.25, 0.3) is 0 Å². The second-order valence-corrected chi connectivity index (χ2v) is 6.17. The van der Waals surface area contributed by atoms with Crippen LogP contribution in [0.5, 0.6) is 11.5 Å². The number of nitrogen functional groups attached to an aromatic ring is 1. The Morgan fingerprint density at radius 3 is 2.54 bits per heavy atom. The number of anilines is 2. The van der Waals surface area contributed by atoms with Crippen molar-refractivity contribution in [2.45, 2.75) is 13.3 Å². The summed E-state index contributed by atoms with van der Waals surface area (Å²) in [5.74, 6) is 1.03. The highest BCUT2D eigenvalue weighted by molar-refractivity contribution is 5.91. The molecule has 3 rings (SSSR count). The van der Waals surface area contributed by atoms with Gasteiger partial charge in [-0.25, -0.2) is 4.98 Å². The van der Waals surface area contributed by atoms with Crippen LogP contribution in [0, 0.1) is 5.41 Å². The van der Waals surface area contributed by atoms with E-state index in [2.05, 4.69) is 9.97 Å². The molecule has 128 valence electrons. The zero-order chi connectivity index (χ0) is 17.5. The summed E-state index contributed by atoms with van der Waals surface area (Å²) in [6, 6.07) is 3.47. The van der Waals surface area contributed by atoms with Crippen LogP contribution in [-0.2, 0) is 4.79 Å². The van der Waals surface area contributed by atoms with Crippen LogP contribution < -0.4 is 20.1 Å². The van der Waals surface area contributed by atoms with Gasteiger partial charge in [-0.2, -0.15) is 4.98 Å². The number of nitrogens with zero attached hydrogens (tertiary/aromatic N) is 3. The van der Waals surface area contributed by atoms with E-state index in [-0.39, 0.29) is 0 Å². The molecule has 1 aromatic carbocycles. The number of aromatic nitrogens is 2. The third-order valence-electron chi connectivity index (χ3n) is 4.49. The molecule has 0 spiro atoms. The van der Waals surface area contributed by atoms with Crippen molar-refractivity contribution in [1.82, 2.24) is 9.97 Å². The standard InChI is InChI=1S/C16H20N4O4/c1-16(14(21)22)4-5-20(8-16)15-18-10-7-12(24-3)11(23-2)6-9(10)13(17)19-15/h6-7H,4-5,8H2,1-3H3,(H,21,22)(H2,17,18,19). The maximum absolute atomic E-state index is 11.4. The second kappa shape index (κ2) is 5.70. The number of aliphatic carboxylic acids is 1. The van der Waals surface area contributed by atoms with Crippen LogP contribution in [0.1, 0.15) is 13.3 Å². The van der Waals surface area contributed by atoms with Crippen LogP contribution in [-0.4, -0.2) is 48.4 Å². The third-order valence-corrected chi connectivity index (χ3v) is 4.49. The monoisotopic (exact) mass is 332 g/mol. The Morgan fingerprint density at radius 1 is 1.29 bits per heavy atom. The average molecular weight is 332 g/mol. The third kappa shape index (κ3) is 2.53. The molecule has 0 saturated carbocycles. The summed E-state index contributed by atoms with van der Waals surface area (Å²) in [4.78, 5) is 22.1. The highest BCUT2D eigenvalue weighted by atomic mass is 16.5. The van der Waals surface area contributed by atoms with Gasteiger partial charge in [-0.15, -0.1) is 0 Å². The predicted molar refractivity (Wildman–Crippen MR) is 89.6 cm³/mol. The molecule has 8 heteroatoms. The van der Waals surface area contributed by atoms with E-state index < -0.39 is 11.4 Å². The van der Waals surface area contributed by atoms with Crippen LogP contribution in [0.4, 0.5) is 11.8 Å². The molecule has 1 aliphatic rings. The maximum Gasteiger partial charge on any atom is 0.311 e.